The predicted molar refractivity (Wildman–Crippen MR) is 200 cm³/mol. The molecule has 8 aromatic carbocycles. The van der Waals surface area contributed by atoms with Gasteiger partial charge in [-0.1, -0.05) is 152 Å². The highest BCUT2D eigenvalue weighted by molar-refractivity contribution is 6.04. The molecule has 48 heavy (non-hydrogen) atoms. The Morgan fingerprint density at radius 3 is 1.67 bits per heavy atom. The Hall–Kier alpha value is -6.18. The lowest BCUT2D eigenvalue weighted by Gasteiger charge is -2.33. The molecule has 0 fully saturated rings. The molecule has 1 nitrogen and oxygen atoms in total. The van der Waals surface area contributed by atoms with Crippen LogP contribution in [0.2, 0.25) is 0 Å². The molecule has 0 unspecified atom stereocenters. The van der Waals surface area contributed by atoms with E-state index in [1.807, 2.05) is 0 Å². The predicted octanol–water partition coefficient (Wildman–Crippen LogP) is 12.3. The van der Waals surface area contributed by atoms with E-state index >= 15 is 0 Å². The van der Waals surface area contributed by atoms with Gasteiger partial charge in [-0.2, -0.15) is 0 Å². The molecule has 0 aromatic heterocycles. The molecule has 0 amide bonds. The lowest BCUT2D eigenvalue weighted by atomic mass is 9.69. The van der Waals surface area contributed by atoms with Crippen LogP contribution in [0, 0.1) is 0 Å². The van der Waals surface area contributed by atoms with E-state index in [2.05, 4.69) is 193 Å². The molecule has 0 heterocycles. The average molecular weight is 610 g/mol. The molecule has 1 heteroatoms. The van der Waals surface area contributed by atoms with E-state index in [1.54, 1.807) is 0 Å². The van der Waals surface area contributed by atoms with Gasteiger partial charge in [0.05, 0.1) is 5.41 Å². The van der Waals surface area contributed by atoms with Gasteiger partial charge in [-0.15, -0.1) is 0 Å². The van der Waals surface area contributed by atoms with Gasteiger partial charge >= 0.3 is 0 Å². The van der Waals surface area contributed by atoms with E-state index in [-0.39, 0.29) is 0 Å². The van der Waals surface area contributed by atoms with Crippen molar-refractivity contribution in [1.82, 2.24) is 0 Å². The number of rotatable bonds is 4. The first-order chi connectivity index (χ1) is 23.8. The van der Waals surface area contributed by atoms with Crippen LogP contribution in [0.15, 0.2) is 188 Å². The molecular weight excluding hydrogens is 579 g/mol. The third-order valence-electron chi connectivity index (χ3n) is 10.4. The zero-order chi connectivity index (χ0) is 31.7. The second kappa shape index (κ2) is 10.4. The fourth-order valence-electron chi connectivity index (χ4n) is 8.53. The molecule has 0 saturated heterocycles. The molecule has 10 rings (SSSR count). The zero-order valence-corrected chi connectivity index (χ0v) is 26.3. The maximum atomic E-state index is 2.48. The number of anilines is 3. The van der Waals surface area contributed by atoms with Gasteiger partial charge in [-0.05, 0) is 103 Å². The quantitative estimate of drug-likeness (QED) is 0.192. The van der Waals surface area contributed by atoms with E-state index in [1.165, 1.54) is 66.4 Å². The Balaban J connectivity index is 1.28. The minimum Gasteiger partial charge on any atom is -0.310 e. The second-order valence-electron chi connectivity index (χ2n) is 12.9. The van der Waals surface area contributed by atoms with Crippen molar-refractivity contribution in [2.75, 3.05) is 4.90 Å². The summed E-state index contributed by atoms with van der Waals surface area (Å²) < 4.78 is 0. The molecule has 1 spiro atoms. The summed E-state index contributed by atoms with van der Waals surface area (Å²) in [7, 11) is 0. The van der Waals surface area contributed by atoms with Crippen LogP contribution in [0.4, 0.5) is 17.1 Å². The van der Waals surface area contributed by atoms with Crippen molar-refractivity contribution in [2.45, 2.75) is 5.41 Å². The van der Waals surface area contributed by atoms with E-state index in [9.17, 15) is 0 Å². The van der Waals surface area contributed by atoms with Crippen molar-refractivity contribution in [3.63, 3.8) is 0 Å². The molecule has 0 saturated carbocycles. The summed E-state index contributed by atoms with van der Waals surface area (Å²) in [4.78, 5) is 2.41. The highest BCUT2D eigenvalue weighted by Crippen LogP contribution is 2.64. The minimum absolute atomic E-state index is 0.441. The van der Waals surface area contributed by atoms with E-state index in [4.69, 9.17) is 0 Å². The fraction of sp³-hybridized carbons (Fsp3) is 0.0213. The molecule has 0 radical (unpaired) electrons. The Morgan fingerprint density at radius 2 is 0.896 bits per heavy atom. The maximum absolute atomic E-state index is 2.48. The Kier molecular flexibility index (Phi) is 5.86. The number of nitrogens with zero attached hydrogens (tertiary/aromatic N) is 1. The zero-order valence-electron chi connectivity index (χ0n) is 26.3. The van der Waals surface area contributed by atoms with Gasteiger partial charge in [0.2, 0.25) is 0 Å². The third-order valence-corrected chi connectivity index (χ3v) is 10.4. The smallest absolute Gasteiger partial charge is 0.0732 e. The lowest BCUT2D eigenvalue weighted by molar-refractivity contribution is 0.801. The number of hydrogen-bond acceptors (Lipinski definition) is 1. The fourth-order valence-corrected chi connectivity index (χ4v) is 8.53. The maximum Gasteiger partial charge on any atom is 0.0732 e. The van der Waals surface area contributed by atoms with Crippen molar-refractivity contribution in [3.8, 4) is 33.4 Å². The molecular formula is C47H31N. The van der Waals surface area contributed by atoms with Crippen LogP contribution in [0.3, 0.4) is 0 Å². The lowest BCUT2D eigenvalue weighted by Crippen LogP contribution is -2.26. The first kappa shape index (κ1) is 27.0. The van der Waals surface area contributed by atoms with Crippen LogP contribution < -0.4 is 4.90 Å². The number of benzene rings is 8. The molecule has 0 aliphatic heterocycles. The normalized spacial score (nSPS) is 13.2. The summed E-state index contributed by atoms with van der Waals surface area (Å²) in [6, 6.07) is 69.2. The SMILES string of the molecule is c1ccc(-c2cccc(N(c3ccccc3)c3ccc4c(c3)C3(c5ccccc5-c5ccccc53)c3c-4ccc4ccccc34)c2)cc1. The largest absolute Gasteiger partial charge is 0.310 e. The molecule has 2 aliphatic carbocycles. The number of fused-ring (bicyclic) bond motifs is 12. The van der Waals surface area contributed by atoms with Gasteiger partial charge in [-0.25, -0.2) is 0 Å². The average Bonchev–Trinajstić information content (AvgIpc) is 3.63. The van der Waals surface area contributed by atoms with E-state index in [0.29, 0.717) is 0 Å². The molecule has 8 aromatic rings. The molecule has 0 N–H and O–H groups in total. The summed E-state index contributed by atoms with van der Waals surface area (Å²) in [5.41, 5.74) is 16.1. The van der Waals surface area contributed by atoms with Gasteiger partial charge in [-0.3, -0.25) is 0 Å². The minimum atomic E-state index is -0.441. The molecule has 0 atom stereocenters. The third kappa shape index (κ3) is 3.73. The highest BCUT2D eigenvalue weighted by Gasteiger charge is 2.52. The van der Waals surface area contributed by atoms with Crippen molar-refractivity contribution < 1.29 is 0 Å². The van der Waals surface area contributed by atoms with E-state index < -0.39 is 5.41 Å². The Morgan fingerprint density at radius 1 is 0.333 bits per heavy atom. The van der Waals surface area contributed by atoms with E-state index in [0.717, 1.165) is 17.1 Å². The molecule has 0 bridgehead atoms. The monoisotopic (exact) mass is 609 g/mol. The topological polar surface area (TPSA) is 3.24 Å². The van der Waals surface area contributed by atoms with Crippen molar-refractivity contribution in [2.24, 2.45) is 0 Å². The summed E-state index contributed by atoms with van der Waals surface area (Å²) in [6.07, 6.45) is 0. The molecule has 224 valence electrons. The van der Waals surface area contributed by atoms with Gasteiger partial charge < -0.3 is 4.90 Å². The first-order valence-electron chi connectivity index (χ1n) is 16.7. The van der Waals surface area contributed by atoms with Crippen molar-refractivity contribution in [1.29, 1.82) is 0 Å². The summed E-state index contributed by atoms with van der Waals surface area (Å²) in [6.45, 7) is 0. The summed E-state index contributed by atoms with van der Waals surface area (Å²) >= 11 is 0. The Labute approximate surface area is 281 Å². The number of hydrogen-bond donors (Lipinski definition) is 0. The molecule has 2 aliphatic rings. The van der Waals surface area contributed by atoms with Gasteiger partial charge in [0.25, 0.3) is 0 Å². The van der Waals surface area contributed by atoms with Crippen molar-refractivity contribution in [3.05, 3.63) is 210 Å². The van der Waals surface area contributed by atoms with Gasteiger partial charge in [0, 0.05) is 17.1 Å². The van der Waals surface area contributed by atoms with Crippen LogP contribution in [-0.2, 0) is 5.41 Å². The first-order valence-corrected chi connectivity index (χ1v) is 16.7. The van der Waals surface area contributed by atoms with Gasteiger partial charge in [0.1, 0.15) is 0 Å². The summed E-state index contributed by atoms with van der Waals surface area (Å²) in [5.74, 6) is 0. The second-order valence-corrected chi connectivity index (χ2v) is 12.9. The van der Waals surface area contributed by atoms with Crippen LogP contribution >= 0.6 is 0 Å². The number of para-hydroxylation sites is 1. The Bertz CT molecular complexity index is 2470. The highest BCUT2D eigenvalue weighted by atomic mass is 15.1. The van der Waals surface area contributed by atoms with Crippen LogP contribution in [0.25, 0.3) is 44.2 Å². The van der Waals surface area contributed by atoms with Crippen LogP contribution in [-0.4, -0.2) is 0 Å². The van der Waals surface area contributed by atoms with Crippen molar-refractivity contribution >= 4 is 27.8 Å². The van der Waals surface area contributed by atoms with Crippen LogP contribution in [0.5, 0.6) is 0 Å². The van der Waals surface area contributed by atoms with Crippen LogP contribution in [0.1, 0.15) is 22.3 Å². The summed E-state index contributed by atoms with van der Waals surface area (Å²) in [5, 5.41) is 2.59. The standard InChI is InChI=1S/C47H31N/c1-3-14-32(15-4-1)34-17-13-20-36(30-34)48(35-18-5-2-6-19-35)37-27-29-41-42-28-26-33-16-7-8-21-38(33)46(42)47(45(41)31-37)43-24-11-9-22-39(43)40-23-10-12-25-44(40)47/h1-31H. The van der Waals surface area contributed by atoms with Gasteiger partial charge in [0.15, 0.2) is 0 Å².